The minimum absolute atomic E-state index is 0.0965. The largest absolute Gasteiger partial charge is 0.373 e. The third-order valence-corrected chi connectivity index (χ3v) is 3.82. The second kappa shape index (κ2) is 3.29. The van der Waals surface area contributed by atoms with E-state index in [4.69, 9.17) is 4.74 Å². The third kappa shape index (κ3) is 1.26. The van der Waals surface area contributed by atoms with Crippen LogP contribution in [0.25, 0.3) is 0 Å². The number of aromatic nitrogens is 3. The van der Waals surface area contributed by atoms with E-state index < -0.39 is 0 Å². The molecule has 2 aliphatic rings. The van der Waals surface area contributed by atoms with E-state index in [9.17, 15) is 5.26 Å². The second-order valence-corrected chi connectivity index (χ2v) is 4.77. The van der Waals surface area contributed by atoms with Crippen molar-refractivity contribution in [1.82, 2.24) is 14.8 Å². The van der Waals surface area contributed by atoms with Crippen molar-refractivity contribution in [3.8, 4) is 6.07 Å². The van der Waals surface area contributed by atoms with E-state index in [0.717, 1.165) is 25.1 Å². The first-order valence-corrected chi connectivity index (χ1v) is 5.63. The first-order valence-electron chi connectivity index (χ1n) is 5.63. The highest BCUT2D eigenvalue weighted by Gasteiger charge is 2.53. The van der Waals surface area contributed by atoms with Gasteiger partial charge in [-0.1, -0.05) is 0 Å². The summed E-state index contributed by atoms with van der Waals surface area (Å²) in [4.78, 5) is 4.20. The van der Waals surface area contributed by atoms with Gasteiger partial charge >= 0.3 is 0 Å². The van der Waals surface area contributed by atoms with Gasteiger partial charge in [0.15, 0.2) is 0 Å². The standard InChI is InChI=1S/C11H14N4O/c1-15-10(13-7-14-15)5-11(6-12)4-8-2-3-9(11)16-8/h7-9H,2-5H2,1H3. The molecule has 0 radical (unpaired) electrons. The topological polar surface area (TPSA) is 63.7 Å². The van der Waals surface area contributed by atoms with Crippen LogP contribution in [0.1, 0.15) is 25.1 Å². The summed E-state index contributed by atoms with van der Waals surface area (Å²) in [5.74, 6) is 0.873. The summed E-state index contributed by atoms with van der Waals surface area (Å²) in [7, 11) is 1.86. The Balaban J connectivity index is 1.88. The van der Waals surface area contributed by atoms with Gasteiger partial charge in [-0.2, -0.15) is 10.4 Å². The summed E-state index contributed by atoms with van der Waals surface area (Å²) in [5.41, 5.74) is -0.371. The Morgan fingerprint density at radius 3 is 3.06 bits per heavy atom. The Morgan fingerprint density at radius 2 is 2.56 bits per heavy atom. The van der Waals surface area contributed by atoms with Crippen molar-refractivity contribution in [2.45, 2.75) is 37.9 Å². The molecule has 1 aromatic rings. The molecule has 3 unspecified atom stereocenters. The van der Waals surface area contributed by atoms with Crippen LogP contribution in [0.15, 0.2) is 6.33 Å². The van der Waals surface area contributed by atoms with Gasteiger partial charge < -0.3 is 4.74 Å². The molecular weight excluding hydrogens is 204 g/mol. The summed E-state index contributed by atoms with van der Waals surface area (Å²) in [6, 6.07) is 2.47. The monoisotopic (exact) mass is 218 g/mol. The van der Waals surface area contributed by atoms with E-state index in [2.05, 4.69) is 16.2 Å². The number of hydrogen-bond acceptors (Lipinski definition) is 4. The molecule has 0 saturated carbocycles. The molecule has 0 spiro atoms. The predicted molar refractivity (Wildman–Crippen MR) is 55.3 cm³/mol. The Labute approximate surface area is 94.0 Å². The van der Waals surface area contributed by atoms with E-state index >= 15 is 0 Å². The Hall–Kier alpha value is -1.41. The lowest BCUT2D eigenvalue weighted by Crippen LogP contribution is -2.34. The SMILES string of the molecule is Cn1ncnc1CC1(C#N)CC2CCC1O2. The summed E-state index contributed by atoms with van der Waals surface area (Å²) in [6.07, 6.45) is 5.54. The maximum Gasteiger partial charge on any atom is 0.138 e. The molecule has 2 aliphatic heterocycles. The first-order chi connectivity index (χ1) is 7.73. The van der Waals surface area contributed by atoms with Gasteiger partial charge in [-0.3, -0.25) is 4.68 Å². The summed E-state index contributed by atoms with van der Waals surface area (Å²) < 4.78 is 7.53. The van der Waals surface area contributed by atoms with E-state index in [1.165, 1.54) is 6.33 Å². The normalized spacial score (nSPS) is 36.5. The Morgan fingerprint density at radius 1 is 1.69 bits per heavy atom. The van der Waals surface area contributed by atoms with E-state index in [0.29, 0.717) is 6.42 Å². The smallest absolute Gasteiger partial charge is 0.138 e. The van der Waals surface area contributed by atoms with E-state index in [-0.39, 0.29) is 17.6 Å². The highest BCUT2D eigenvalue weighted by molar-refractivity contribution is 5.15. The van der Waals surface area contributed by atoms with Crippen LogP contribution >= 0.6 is 0 Å². The van der Waals surface area contributed by atoms with Crippen LogP contribution in [0.2, 0.25) is 0 Å². The number of fused-ring (bicyclic) bond motifs is 2. The zero-order valence-electron chi connectivity index (χ0n) is 9.26. The predicted octanol–water partition coefficient (Wildman–Crippen LogP) is 0.819. The second-order valence-electron chi connectivity index (χ2n) is 4.77. The van der Waals surface area contributed by atoms with Gasteiger partial charge in [0, 0.05) is 13.5 Å². The number of aryl methyl sites for hydroxylation is 1. The van der Waals surface area contributed by atoms with Crippen molar-refractivity contribution in [1.29, 1.82) is 5.26 Å². The maximum absolute atomic E-state index is 9.44. The maximum atomic E-state index is 9.44. The average molecular weight is 218 g/mol. The van der Waals surface area contributed by atoms with Crippen LogP contribution < -0.4 is 0 Å². The molecule has 3 atom stereocenters. The van der Waals surface area contributed by atoms with Crippen molar-refractivity contribution in [3.05, 3.63) is 12.2 Å². The zero-order valence-corrected chi connectivity index (χ0v) is 9.26. The molecule has 2 fully saturated rings. The van der Waals surface area contributed by atoms with Crippen LogP contribution in [0.3, 0.4) is 0 Å². The Kier molecular flexibility index (Phi) is 2.01. The number of rotatable bonds is 2. The summed E-state index contributed by atoms with van der Waals surface area (Å²) in [5, 5.41) is 13.5. The van der Waals surface area contributed by atoms with Crippen LogP contribution in [-0.4, -0.2) is 27.0 Å². The lowest BCUT2D eigenvalue weighted by Gasteiger charge is -2.27. The van der Waals surface area contributed by atoms with Crippen LogP contribution in [0.5, 0.6) is 0 Å². The zero-order chi connectivity index (χ0) is 11.2. The molecule has 1 aromatic heterocycles. The lowest BCUT2D eigenvalue weighted by molar-refractivity contribution is 0.0780. The fourth-order valence-corrected chi connectivity index (χ4v) is 2.91. The molecule has 0 N–H and O–H groups in total. The van der Waals surface area contributed by atoms with Crippen LogP contribution in [-0.2, 0) is 18.2 Å². The number of nitriles is 1. The molecule has 3 heterocycles. The molecule has 2 saturated heterocycles. The van der Waals surface area contributed by atoms with E-state index in [1.807, 2.05) is 7.05 Å². The Bertz CT molecular complexity index is 449. The van der Waals surface area contributed by atoms with Gasteiger partial charge in [0.05, 0.1) is 23.7 Å². The van der Waals surface area contributed by atoms with Gasteiger partial charge in [-0.25, -0.2) is 4.98 Å². The van der Waals surface area contributed by atoms with E-state index in [1.54, 1.807) is 4.68 Å². The van der Waals surface area contributed by atoms with Crippen molar-refractivity contribution in [2.75, 3.05) is 0 Å². The van der Waals surface area contributed by atoms with Crippen LogP contribution in [0.4, 0.5) is 0 Å². The summed E-state index contributed by atoms with van der Waals surface area (Å²) >= 11 is 0. The number of ether oxygens (including phenoxy) is 1. The quantitative estimate of drug-likeness (QED) is 0.737. The molecule has 3 rings (SSSR count). The van der Waals surface area contributed by atoms with Crippen molar-refractivity contribution >= 4 is 0 Å². The van der Waals surface area contributed by atoms with Crippen LogP contribution in [0, 0.1) is 16.7 Å². The average Bonchev–Trinajstić information content (AvgIpc) is 2.96. The summed E-state index contributed by atoms with van der Waals surface area (Å²) in [6.45, 7) is 0. The van der Waals surface area contributed by atoms with Crippen molar-refractivity contribution < 1.29 is 4.74 Å². The highest BCUT2D eigenvalue weighted by Crippen LogP contribution is 2.48. The molecule has 5 heteroatoms. The van der Waals surface area contributed by atoms with Gasteiger partial charge in [-0.15, -0.1) is 0 Å². The molecule has 16 heavy (non-hydrogen) atoms. The molecular formula is C11H14N4O. The molecule has 0 aromatic carbocycles. The number of hydrogen-bond donors (Lipinski definition) is 0. The molecule has 2 bridgehead atoms. The van der Waals surface area contributed by atoms with Gasteiger partial charge in [0.25, 0.3) is 0 Å². The molecule has 0 amide bonds. The molecule has 84 valence electrons. The van der Waals surface area contributed by atoms with Crippen molar-refractivity contribution in [2.24, 2.45) is 12.5 Å². The van der Waals surface area contributed by atoms with Gasteiger partial charge in [-0.05, 0) is 19.3 Å². The lowest BCUT2D eigenvalue weighted by atomic mass is 9.72. The fraction of sp³-hybridized carbons (Fsp3) is 0.727. The van der Waals surface area contributed by atoms with Gasteiger partial charge in [0.1, 0.15) is 12.2 Å². The number of nitrogens with zero attached hydrogens (tertiary/aromatic N) is 4. The van der Waals surface area contributed by atoms with Crippen molar-refractivity contribution in [3.63, 3.8) is 0 Å². The minimum atomic E-state index is -0.371. The first kappa shape index (κ1) is 9.79. The highest BCUT2D eigenvalue weighted by atomic mass is 16.5. The molecule has 0 aliphatic carbocycles. The van der Waals surface area contributed by atoms with Gasteiger partial charge in [0.2, 0.25) is 0 Å². The fourth-order valence-electron chi connectivity index (χ4n) is 2.91. The molecule has 5 nitrogen and oxygen atoms in total. The minimum Gasteiger partial charge on any atom is -0.373 e. The third-order valence-electron chi connectivity index (χ3n) is 3.82.